The van der Waals surface area contributed by atoms with E-state index in [0.29, 0.717) is 24.2 Å². The first-order valence-electron chi connectivity index (χ1n) is 12.5. The Kier molecular flexibility index (Phi) is 5.22. The number of carbonyl (C=O) groups is 1. The maximum absolute atomic E-state index is 13.4. The molecule has 1 N–H and O–H groups in total. The van der Waals surface area contributed by atoms with Gasteiger partial charge in [-0.05, 0) is 113 Å². The highest BCUT2D eigenvalue weighted by Crippen LogP contribution is 2.63. The average Bonchev–Trinajstić information content (AvgIpc) is 3.05. The van der Waals surface area contributed by atoms with Crippen LogP contribution in [0.5, 0.6) is 0 Å². The predicted molar refractivity (Wildman–Crippen MR) is 116 cm³/mol. The number of aliphatic hydroxyl groups is 1. The number of nitrogens with zero attached hydrogens (tertiary/aromatic N) is 1. The Morgan fingerprint density at radius 2 is 1.86 bits per heavy atom. The van der Waals surface area contributed by atoms with Gasteiger partial charge in [-0.15, -0.1) is 0 Å². The van der Waals surface area contributed by atoms with E-state index in [1.807, 2.05) is 6.92 Å². The summed E-state index contributed by atoms with van der Waals surface area (Å²) in [4.78, 5) is 15.8. The van der Waals surface area contributed by atoms with Gasteiger partial charge in [0.2, 0.25) is 0 Å². The van der Waals surface area contributed by atoms with E-state index >= 15 is 0 Å². The molecule has 0 bridgehead atoms. The highest BCUT2D eigenvalue weighted by molar-refractivity contribution is 5.84. The van der Waals surface area contributed by atoms with E-state index < -0.39 is 5.60 Å². The molecule has 0 spiro atoms. The molecule has 4 fully saturated rings. The number of allylic oxidation sites excluding steroid dienone is 1. The molecule has 29 heavy (non-hydrogen) atoms. The summed E-state index contributed by atoms with van der Waals surface area (Å²) in [5.74, 6) is 3.88. The maximum atomic E-state index is 13.4. The van der Waals surface area contributed by atoms with Crippen molar-refractivity contribution in [3.63, 3.8) is 0 Å². The van der Waals surface area contributed by atoms with E-state index in [9.17, 15) is 9.90 Å². The zero-order chi connectivity index (χ0) is 20.2. The third-order valence-corrected chi connectivity index (χ3v) is 9.93. The fraction of sp³-hybridized carbons (Fsp3) is 0.885. The summed E-state index contributed by atoms with van der Waals surface area (Å²) in [5.41, 5.74) is 1.30. The molecule has 162 valence electrons. The molecule has 0 aromatic heterocycles. The molecule has 0 unspecified atom stereocenters. The zero-order valence-electron chi connectivity index (χ0n) is 18.7. The molecule has 1 saturated heterocycles. The number of likely N-dealkylation sites (tertiary alicyclic amines) is 1. The van der Waals surface area contributed by atoms with Crippen LogP contribution in [0, 0.1) is 35.0 Å². The van der Waals surface area contributed by atoms with E-state index in [2.05, 4.69) is 17.9 Å². The summed E-state index contributed by atoms with van der Waals surface area (Å²) < 4.78 is 0. The van der Waals surface area contributed by atoms with Crippen LogP contribution in [0.4, 0.5) is 0 Å². The summed E-state index contributed by atoms with van der Waals surface area (Å²) >= 11 is 0. The normalized spacial score (nSPS) is 47.7. The third kappa shape index (κ3) is 3.55. The van der Waals surface area contributed by atoms with Crippen molar-refractivity contribution in [2.75, 3.05) is 19.6 Å². The summed E-state index contributed by atoms with van der Waals surface area (Å²) in [6, 6.07) is 0. The van der Waals surface area contributed by atoms with Crippen LogP contribution in [-0.4, -0.2) is 41.0 Å². The fourth-order valence-electron chi connectivity index (χ4n) is 8.44. The Hall–Kier alpha value is -0.670. The van der Waals surface area contributed by atoms with Crippen molar-refractivity contribution >= 4 is 5.78 Å². The third-order valence-electron chi connectivity index (χ3n) is 9.93. The molecular formula is C26H41NO2. The van der Waals surface area contributed by atoms with E-state index in [-0.39, 0.29) is 5.41 Å². The van der Waals surface area contributed by atoms with Crippen LogP contribution in [0.15, 0.2) is 11.6 Å². The largest absolute Gasteiger partial charge is 0.390 e. The monoisotopic (exact) mass is 399 g/mol. The molecule has 1 heterocycles. The van der Waals surface area contributed by atoms with Crippen LogP contribution >= 0.6 is 0 Å². The molecule has 5 rings (SSSR count). The second kappa shape index (κ2) is 7.48. The zero-order valence-corrected chi connectivity index (χ0v) is 18.7. The van der Waals surface area contributed by atoms with E-state index in [1.165, 1.54) is 51.4 Å². The smallest absolute Gasteiger partial charge is 0.150 e. The molecule has 3 heteroatoms. The highest BCUT2D eigenvalue weighted by Gasteiger charge is 2.57. The molecule has 7 atom stereocenters. The highest BCUT2D eigenvalue weighted by atomic mass is 16.3. The van der Waals surface area contributed by atoms with E-state index in [1.54, 1.807) is 5.57 Å². The van der Waals surface area contributed by atoms with Gasteiger partial charge in [-0.2, -0.15) is 0 Å². The Balaban J connectivity index is 1.30. The predicted octanol–water partition coefficient (Wildman–Crippen LogP) is 4.98. The number of fused-ring (bicyclic) bond motifs is 5. The van der Waals surface area contributed by atoms with Crippen molar-refractivity contribution in [1.29, 1.82) is 0 Å². The first-order chi connectivity index (χ1) is 13.9. The number of piperidine rings is 1. The summed E-state index contributed by atoms with van der Waals surface area (Å²) in [6.45, 7) is 7.46. The standard InChI is InChI=1S/C26H41NO2/c1-25(29)12-10-19-18(16-25)6-7-21-20(19)11-13-26(2)22(21)8-9-23(26)24(28)17-27-14-4-3-5-15-27/h6,19-23,29H,3-5,7-17H2,1-2H3/t19-,20+,21+,22-,23+,25-,26-/m0/s1. The second-order valence-electron chi connectivity index (χ2n) is 11.7. The van der Waals surface area contributed by atoms with Crippen LogP contribution in [-0.2, 0) is 4.79 Å². The average molecular weight is 400 g/mol. The number of rotatable bonds is 3. The van der Waals surface area contributed by atoms with Crippen molar-refractivity contribution in [3.8, 4) is 0 Å². The summed E-state index contributed by atoms with van der Waals surface area (Å²) in [7, 11) is 0. The van der Waals surface area contributed by atoms with Gasteiger partial charge in [-0.1, -0.05) is 25.0 Å². The fourth-order valence-corrected chi connectivity index (χ4v) is 8.44. The topological polar surface area (TPSA) is 40.5 Å². The van der Waals surface area contributed by atoms with Gasteiger partial charge < -0.3 is 5.11 Å². The van der Waals surface area contributed by atoms with Crippen LogP contribution < -0.4 is 0 Å². The lowest BCUT2D eigenvalue weighted by molar-refractivity contribution is -0.130. The van der Waals surface area contributed by atoms with Crippen molar-refractivity contribution in [2.24, 2.45) is 35.0 Å². The van der Waals surface area contributed by atoms with Gasteiger partial charge in [0.05, 0.1) is 12.1 Å². The van der Waals surface area contributed by atoms with Crippen LogP contribution in [0.1, 0.15) is 84.5 Å². The maximum Gasteiger partial charge on any atom is 0.150 e. The number of Topliss-reactive ketones (excluding diaryl/α,β-unsaturated/α-hetero) is 1. The first-order valence-corrected chi connectivity index (χ1v) is 12.5. The molecule has 3 saturated carbocycles. The lowest BCUT2D eigenvalue weighted by atomic mass is 9.51. The molecule has 0 aromatic rings. The lowest BCUT2D eigenvalue weighted by Crippen LogP contribution is -2.49. The molecule has 1 aliphatic heterocycles. The minimum Gasteiger partial charge on any atom is -0.390 e. The second-order valence-corrected chi connectivity index (χ2v) is 11.7. The molecule has 4 aliphatic carbocycles. The Morgan fingerprint density at radius 1 is 1.07 bits per heavy atom. The van der Waals surface area contributed by atoms with Gasteiger partial charge in [0.1, 0.15) is 5.78 Å². The van der Waals surface area contributed by atoms with E-state index in [4.69, 9.17) is 0 Å². The van der Waals surface area contributed by atoms with Gasteiger partial charge in [-0.25, -0.2) is 0 Å². The molecule has 0 amide bonds. The van der Waals surface area contributed by atoms with Crippen molar-refractivity contribution in [3.05, 3.63) is 11.6 Å². The SMILES string of the molecule is C[C@]1(O)CC[C@H]2C(=CC[C@@H]3[C@@H]2CC[C@]2(C)[C@@H](C(=O)CN4CCCCC4)CC[C@@H]32)C1. The first kappa shape index (κ1) is 20.2. The van der Waals surface area contributed by atoms with Gasteiger partial charge in [0.25, 0.3) is 0 Å². The summed E-state index contributed by atoms with van der Waals surface area (Å²) in [5, 5.41) is 10.5. The van der Waals surface area contributed by atoms with E-state index in [0.717, 1.165) is 50.1 Å². The number of carbonyl (C=O) groups excluding carboxylic acids is 1. The molecule has 0 radical (unpaired) electrons. The van der Waals surface area contributed by atoms with Gasteiger partial charge in [-0.3, -0.25) is 9.69 Å². The Bertz CT molecular complexity index is 676. The van der Waals surface area contributed by atoms with Gasteiger partial charge in [0, 0.05) is 5.92 Å². The molecule has 3 nitrogen and oxygen atoms in total. The minimum absolute atomic E-state index is 0.236. The number of hydrogen-bond donors (Lipinski definition) is 1. The quantitative estimate of drug-likeness (QED) is 0.680. The molecule has 5 aliphatic rings. The van der Waals surface area contributed by atoms with Crippen LogP contribution in [0.3, 0.4) is 0 Å². The summed E-state index contributed by atoms with van der Waals surface area (Å²) in [6.07, 6.45) is 15.5. The molecular weight excluding hydrogens is 358 g/mol. The molecule has 0 aromatic carbocycles. The number of hydrogen-bond acceptors (Lipinski definition) is 3. The number of ketones is 1. The van der Waals surface area contributed by atoms with Gasteiger partial charge >= 0.3 is 0 Å². The van der Waals surface area contributed by atoms with Crippen molar-refractivity contribution < 1.29 is 9.90 Å². The van der Waals surface area contributed by atoms with Gasteiger partial charge in [0.15, 0.2) is 0 Å². The Labute approximate surface area is 177 Å². The lowest BCUT2D eigenvalue weighted by Gasteiger charge is -2.54. The van der Waals surface area contributed by atoms with Crippen molar-refractivity contribution in [2.45, 2.75) is 90.1 Å². The van der Waals surface area contributed by atoms with Crippen LogP contribution in [0.25, 0.3) is 0 Å². The van der Waals surface area contributed by atoms with Crippen molar-refractivity contribution in [1.82, 2.24) is 4.90 Å². The minimum atomic E-state index is -0.488. The van der Waals surface area contributed by atoms with Crippen LogP contribution in [0.2, 0.25) is 0 Å². The Morgan fingerprint density at radius 3 is 2.66 bits per heavy atom.